The number of hydrogen-bond donors (Lipinski definition) is 0. The molecule has 2 heteroatoms. The zero-order valence-electron chi connectivity index (χ0n) is 19.4. The van der Waals surface area contributed by atoms with Crippen LogP contribution in [0.15, 0.2) is 121 Å². The number of fused-ring (bicyclic) bond motifs is 7. The summed E-state index contributed by atoms with van der Waals surface area (Å²) in [7, 11) is 0. The SMILES string of the molecule is c1ccc(-c2c3ccccc3c(-c3cc4ccc5c6ccccc6sc5c4s3)c3ccccc23)cc1. The second kappa shape index (κ2) is 7.76. The zero-order chi connectivity index (χ0) is 23.6. The number of benzene rings is 6. The van der Waals surface area contributed by atoms with Crippen molar-refractivity contribution in [1.29, 1.82) is 0 Å². The first kappa shape index (κ1) is 20.2. The first-order chi connectivity index (χ1) is 17.9. The molecular weight excluding hydrogens is 473 g/mol. The predicted molar refractivity (Wildman–Crippen MR) is 161 cm³/mol. The fourth-order valence-electron chi connectivity index (χ4n) is 5.71. The van der Waals surface area contributed by atoms with Gasteiger partial charge in [0.05, 0.1) is 9.40 Å². The van der Waals surface area contributed by atoms with Crippen molar-refractivity contribution in [2.45, 2.75) is 0 Å². The number of hydrogen-bond acceptors (Lipinski definition) is 2. The summed E-state index contributed by atoms with van der Waals surface area (Å²) in [4.78, 5) is 1.34. The smallest absolute Gasteiger partial charge is 0.0533 e. The highest BCUT2D eigenvalue weighted by Gasteiger charge is 2.19. The lowest BCUT2D eigenvalue weighted by Crippen LogP contribution is -1.89. The van der Waals surface area contributed by atoms with E-state index >= 15 is 0 Å². The molecule has 0 bridgehead atoms. The maximum absolute atomic E-state index is 2.40. The molecule has 0 saturated heterocycles. The van der Waals surface area contributed by atoms with Gasteiger partial charge in [0.15, 0.2) is 0 Å². The molecule has 168 valence electrons. The summed E-state index contributed by atoms with van der Waals surface area (Å²) in [5.74, 6) is 0. The third-order valence-electron chi connectivity index (χ3n) is 7.27. The van der Waals surface area contributed by atoms with Crippen molar-refractivity contribution < 1.29 is 0 Å². The van der Waals surface area contributed by atoms with Crippen LogP contribution in [0, 0.1) is 0 Å². The summed E-state index contributed by atoms with van der Waals surface area (Å²) < 4.78 is 4.15. The van der Waals surface area contributed by atoms with E-state index in [9.17, 15) is 0 Å². The normalized spacial score (nSPS) is 11.9. The van der Waals surface area contributed by atoms with Gasteiger partial charge in [-0.1, -0.05) is 109 Å². The lowest BCUT2D eigenvalue weighted by molar-refractivity contribution is 1.67. The molecule has 6 aromatic carbocycles. The molecule has 0 aliphatic carbocycles. The first-order valence-electron chi connectivity index (χ1n) is 12.2. The van der Waals surface area contributed by atoms with Crippen LogP contribution >= 0.6 is 22.7 Å². The van der Waals surface area contributed by atoms with Gasteiger partial charge in [0.25, 0.3) is 0 Å². The van der Waals surface area contributed by atoms with Gasteiger partial charge in [0, 0.05) is 25.9 Å². The molecule has 0 aliphatic rings. The van der Waals surface area contributed by atoms with Gasteiger partial charge in [0.2, 0.25) is 0 Å². The van der Waals surface area contributed by atoms with Crippen LogP contribution in [0.3, 0.4) is 0 Å². The summed E-state index contributed by atoms with van der Waals surface area (Å²) >= 11 is 3.85. The van der Waals surface area contributed by atoms with E-state index < -0.39 is 0 Å². The van der Waals surface area contributed by atoms with Gasteiger partial charge >= 0.3 is 0 Å². The van der Waals surface area contributed by atoms with Crippen molar-refractivity contribution >= 4 is 74.5 Å². The van der Waals surface area contributed by atoms with Crippen molar-refractivity contribution in [3.8, 4) is 21.6 Å². The van der Waals surface area contributed by atoms with Crippen LogP contribution in [0.25, 0.3) is 73.4 Å². The molecule has 0 fully saturated rings. The second-order valence-electron chi connectivity index (χ2n) is 9.28. The van der Waals surface area contributed by atoms with E-state index in [1.54, 1.807) is 0 Å². The van der Waals surface area contributed by atoms with Crippen molar-refractivity contribution in [3.63, 3.8) is 0 Å². The van der Waals surface area contributed by atoms with Crippen LogP contribution in [0.5, 0.6) is 0 Å². The molecule has 8 rings (SSSR count). The standard InChI is InChI=1S/C34H20S2/c1-2-10-21(11-3-1)31-24-13-4-6-15-26(24)32(27-16-7-5-14-25(27)31)30-20-22-18-19-28-23-12-8-9-17-29(23)35-34(28)33(22)36-30/h1-20H. The van der Waals surface area contributed by atoms with E-state index in [1.165, 1.54) is 73.4 Å². The molecule has 0 radical (unpaired) electrons. The molecule has 8 aromatic rings. The van der Waals surface area contributed by atoms with Gasteiger partial charge in [-0.15, -0.1) is 22.7 Å². The average Bonchev–Trinajstić information content (AvgIpc) is 3.53. The van der Waals surface area contributed by atoms with Gasteiger partial charge in [0.1, 0.15) is 0 Å². The summed E-state index contributed by atoms with van der Waals surface area (Å²) in [5.41, 5.74) is 3.93. The summed E-state index contributed by atoms with van der Waals surface area (Å²) in [6, 6.07) is 44.4. The third-order valence-corrected chi connectivity index (χ3v) is 9.79. The monoisotopic (exact) mass is 492 g/mol. The van der Waals surface area contributed by atoms with Crippen LogP contribution in [0.2, 0.25) is 0 Å². The van der Waals surface area contributed by atoms with Crippen molar-refractivity contribution in [3.05, 3.63) is 121 Å². The van der Waals surface area contributed by atoms with Gasteiger partial charge in [-0.3, -0.25) is 0 Å². The van der Waals surface area contributed by atoms with Crippen LogP contribution < -0.4 is 0 Å². The van der Waals surface area contributed by atoms with E-state index in [2.05, 4.69) is 121 Å². The Morgan fingerprint density at radius 3 is 1.67 bits per heavy atom. The minimum absolute atomic E-state index is 1.26. The fourth-order valence-corrected chi connectivity index (χ4v) is 8.29. The molecule has 0 saturated carbocycles. The van der Waals surface area contributed by atoms with Crippen LogP contribution in [0.4, 0.5) is 0 Å². The largest absolute Gasteiger partial charge is 0.134 e. The molecule has 36 heavy (non-hydrogen) atoms. The van der Waals surface area contributed by atoms with Gasteiger partial charge < -0.3 is 0 Å². The highest BCUT2D eigenvalue weighted by molar-refractivity contribution is 7.32. The Balaban J connectivity index is 1.50. The average molecular weight is 493 g/mol. The Morgan fingerprint density at radius 1 is 0.389 bits per heavy atom. The van der Waals surface area contributed by atoms with Gasteiger partial charge in [-0.2, -0.15) is 0 Å². The van der Waals surface area contributed by atoms with Gasteiger partial charge in [-0.05, 0) is 50.2 Å². The van der Waals surface area contributed by atoms with Crippen molar-refractivity contribution in [2.75, 3.05) is 0 Å². The number of rotatable bonds is 2. The second-order valence-corrected chi connectivity index (χ2v) is 11.4. The van der Waals surface area contributed by atoms with E-state index in [-0.39, 0.29) is 0 Å². The Morgan fingerprint density at radius 2 is 0.972 bits per heavy atom. The molecule has 0 aliphatic heterocycles. The quantitative estimate of drug-likeness (QED) is 0.211. The lowest BCUT2D eigenvalue weighted by atomic mass is 9.88. The van der Waals surface area contributed by atoms with Crippen LogP contribution in [0.1, 0.15) is 0 Å². The van der Waals surface area contributed by atoms with Crippen LogP contribution in [-0.4, -0.2) is 0 Å². The first-order valence-corrected chi connectivity index (χ1v) is 13.8. The molecule has 0 N–H and O–H groups in total. The molecule has 0 atom stereocenters. The van der Waals surface area contributed by atoms with E-state index in [0.717, 1.165) is 0 Å². The van der Waals surface area contributed by atoms with E-state index in [4.69, 9.17) is 0 Å². The number of thiophene rings is 2. The van der Waals surface area contributed by atoms with Crippen LogP contribution in [-0.2, 0) is 0 Å². The van der Waals surface area contributed by atoms with Crippen molar-refractivity contribution in [1.82, 2.24) is 0 Å². The fraction of sp³-hybridized carbons (Fsp3) is 0. The molecule has 2 heterocycles. The molecule has 0 nitrogen and oxygen atoms in total. The van der Waals surface area contributed by atoms with E-state index in [1.807, 2.05) is 22.7 Å². The highest BCUT2D eigenvalue weighted by Crippen LogP contribution is 2.48. The Bertz CT molecular complexity index is 2030. The Labute approximate surface area is 216 Å². The Hall–Kier alpha value is -3.98. The molecular formula is C34H20S2. The maximum atomic E-state index is 2.40. The topological polar surface area (TPSA) is 0 Å². The summed E-state index contributed by atoms with van der Waals surface area (Å²) in [6.07, 6.45) is 0. The highest BCUT2D eigenvalue weighted by atomic mass is 32.1. The lowest BCUT2D eigenvalue weighted by Gasteiger charge is -2.16. The van der Waals surface area contributed by atoms with Gasteiger partial charge in [-0.25, -0.2) is 0 Å². The summed E-state index contributed by atoms with van der Waals surface area (Å²) in [5, 5.41) is 9.30. The minimum Gasteiger partial charge on any atom is -0.134 e. The maximum Gasteiger partial charge on any atom is 0.0533 e. The Kier molecular flexibility index (Phi) is 4.36. The van der Waals surface area contributed by atoms with E-state index in [0.29, 0.717) is 0 Å². The zero-order valence-corrected chi connectivity index (χ0v) is 21.0. The third kappa shape index (κ3) is 2.86. The molecule has 0 unspecified atom stereocenters. The minimum atomic E-state index is 1.26. The molecule has 0 amide bonds. The predicted octanol–water partition coefficient (Wildman–Crippen LogP) is 10.9. The summed E-state index contributed by atoms with van der Waals surface area (Å²) in [6.45, 7) is 0. The molecule has 0 spiro atoms. The molecule has 2 aromatic heterocycles. The van der Waals surface area contributed by atoms with Crippen molar-refractivity contribution in [2.24, 2.45) is 0 Å².